The van der Waals surface area contributed by atoms with Crippen LogP contribution in [0, 0.1) is 20.2 Å². The van der Waals surface area contributed by atoms with Gasteiger partial charge in [0.25, 0.3) is 5.69 Å². The first-order valence-corrected chi connectivity index (χ1v) is 5.44. The minimum atomic E-state index is -1.13. The lowest BCUT2D eigenvalue weighted by molar-refractivity contribution is -0.394. The molecular formula is C11H12N2O7. The molecule has 0 unspecified atom stereocenters. The van der Waals surface area contributed by atoms with Crippen LogP contribution < -0.4 is 4.74 Å². The van der Waals surface area contributed by atoms with E-state index < -0.39 is 38.7 Å². The molecule has 0 saturated heterocycles. The molecule has 0 amide bonds. The van der Waals surface area contributed by atoms with Crippen LogP contribution in [0.3, 0.4) is 0 Å². The predicted molar refractivity (Wildman–Crippen MR) is 66.6 cm³/mol. The molecule has 0 bridgehead atoms. The molecule has 0 aromatic heterocycles. The van der Waals surface area contributed by atoms with Crippen molar-refractivity contribution in [1.82, 2.24) is 0 Å². The lowest BCUT2D eigenvalue weighted by atomic mass is 10.2. The molecule has 0 saturated carbocycles. The summed E-state index contributed by atoms with van der Waals surface area (Å²) in [5, 5.41) is 21.4. The molecule has 0 radical (unpaired) electrons. The van der Waals surface area contributed by atoms with Crippen molar-refractivity contribution in [2.75, 3.05) is 0 Å². The van der Waals surface area contributed by atoms with Crippen molar-refractivity contribution in [3.05, 3.63) is 38.4 Å². The summed E-state index contributed by atoms with van der Waals surface area (Å²) in [6.07, 6.45) is -1.13. The highest BCUT2D eigenvalue weighted by molar-refractivity contribution is 5.67. The predicted octanol–water partition coefficient (Wildman–Crippen LogP) is 2.82. The van der Waals surface area contributed by atoms with Crippen molar-refractivity contribution in [3.8, 4) is 5.75 Å². The molecule has 0 spiro atoms. The second-order valence-corrected chi connectivity index (χ2v) is 4.73. The number of hydrogen-bond acceptors (Lipinski definition) is 7. The number of rotatable bonds is 3. The molecule has 0 aliphatic heterocycles. The molecule has 108 valence electrons. The SMILES string of the molecule is CC(C)(C)OC(=O)Oc1ccc([N+](=O)[O-])cc1[N+](=O)[O-]. The van der Waals surface area contributed by atoms with Gasteiger partial charge in [0.05, 0.1) is 15.9 Å². The Kier molecular flexibility index (Phi) is 4.23. The normalized spacial score (nSPS) is 10.8. The second kappa shape index (κ2) is 5.51. The van der Waals surface area contributed by atoms with E-state index in [1.54, 1.807) is 20.8 Å². The van der Waals surface area contributed by atoms with E-state index in [-0.39, 0.29) is 0 Å². The summed E-state index contributed by atoms with van der Waals surface area (Å²) in [4.78, 5) is 31.1. The number of nitro groups is 2. The lowest BCUT2D eigenvalue weighted by Gasteiger charge is -2.18. The van der Waals surface area contributed by atoms with Gasteiger partial charge >= 0.3 is 11.8 Å². The first-order chi connectivity index (χ1) is 9.10. The Bertz CT molecular complexity index is 562. The monoisotopic (exact) mass is 284 g/mol. The summed E-state index contributed by atoms with van der Waals surface area (Å²) >= 11 is 0. The van der Waals surface area contributed by atoms with E-state index in [2.05, 4.69) is 0 Å². The molecule has 1 rings (SSSR count). The summed E-state index contributed by atoms with van der Waals surface area (Å²) < 4.78 is 9.53. The van der Waals surface area contributed by atoms with Gasteiger partial charge in [-0.05, 0) is 26.8 Å². The average molecular weight is 284 g/mol. The van der Waals surface area contributed by atoms with Gasteiger partial charge in [0.15, 0.2) is 0 Å². The number of carbonyl (C=O) groups excluding carboxylic acids is 1. The van der Waals surface area contributed by atoms with Crippen molar-refractivity contribution < 1.29 is 24.1 Å². The summed E-state index contributed by atoms with van der Waals surface area (Å²) in [5.74, 6) is -0.421. The highest BCUT2D eigenvalue weighted by Gasteiger charge is 2.25. The van der Waals surface area contributed by atoms with Crippen molar-refractivity contribution in [3.63, 3.8) is 0 Å². The van der Waals surface area contributed by atoms with E-state index in [0.29, 0.717) is 6.07 Å². The van der Waals surface area contributed by atoms with E-state index in [4.69, 9.17) is 9.47 Å². The molecule has 0 aliphatic carbocycles. The van der Waals surface area contributed by atoms with E-state index in [1.807, 2.05) is 0 Å². The third-order valence-electron chi connectivity index (χ3n) is 1.93. The van der Waals surface area contributed by atoms with Gasteiger partial charge in [-0.2, -0.15) is 0 Å². The van der Waals surface area contributed by atoms with Crippen LogP contribution in [0.15, 0.2) is 18.2 Å². The topological polar surface area (TPSA) is 122 Å². The largest absolute Gasteiger partial charge is 0.514 e. The molecular weight excluding hydrogens is 272 g/mol. The van der Waals surface area contributed by atoms with Crippen LogP contribution in [0.2, 0.25) is 0 Å². The van der Waals surface area contributed by atoms with Crippen molar-refractivity contribution >= 4 is 17.5 Å². The molecule has 0 N–H and O–H groups in total. The minimum Gasteiger partial charge on any atom is -0.428 e. The number of hydrogen-bond donors (Lipinski definition) is 0. The van der Waals surface area contributed by atoms with Crippen LogP contribution in [0.1, 0.15) is 20.8 Å². The number of benzene rings is 1. The van der Waals surface area contributed by atoms with Gasteiger partial charge in [-0.3, -0.25) is 20.2 Å². The fourth-order valence-corrected chi connectivity index (χ4v) is 1.21. The number of non-ortho nitro benzene ring substituents is 1. The molecule has 0 fully saturated rings. The highest BCUT2D eigenvalue weighted by atomic mass is 16.7. The van der Waals surface area contributed by atoms with Gasteiger partial charge in [0.1, 0.15) is 5.60 Å². The van der Waals surface area contributed by atoms with Crippen molar-refractivity contribution in [2.45, 2.75) is 26.4 Å². The molecule has 1 aromatic rings. The van der Waals surface area contributed by atoms with Crippen LogP contribution in [0.4, 0.5) is 16.2 Å². The fourth-order valence-electron chi connectivity index (χ4n) is 1.21. The quantitative estimate of drug-likeness (QED) is 0.362. The van der Waals surface area contributed by atoms with Gasteiger partial charge in [0.2, 0.25) is 5.75 Å². The molecule has 9 nitrogen and oxygen atoms in total. The Hall–Kier alpha value is -2.71. The Morgan fingerprint density at radius 1 is 1.15 bits per heavy atom. The number of nitrogens with zero attached hydrogens (tertiary/aromatic N) is 2. The lowest BCUT2D eigenvalue weighted by Crippen LogP contribution is -2.26. The first kappa shape index (κ1) is 15.3. The zero-order valence-corrected chi connectivity index (χ0v) is 11.0. The Balaban J connectivity index is 3.03. The van der Waals surface area contributed by atoms with Gasteiger partial charge in [0, 0.05) is 6.07 Å². The zero-order chi connectivity index (χ0) is 15.5. The van der Waals surface area contributed by atoms with Crippen LogP contribution >= 0.6 is 0 Å². The molecule has 9 heteroatoms. The van der Waals surface area contributed by atoms with E-state index >= 15 is 0 Å². The maximum absolute atomic E-state index is 11.4. The maximum atomic E-state index is 11.4. The maximum Gasteiger partial charge on any atom is 0.514 e. The molecule has 20 heavy (non-hydrogen) atoms. The fraction of sp³-hybridized carbons (Fsp3) is 0.364. The number of nitro benzene ring substituents is 2. The average Bonchev–Trinajstić information content (AvgIpc) is 2.25. The minimum absolute atomic E-state index is 0.421. The van der Waals surface area contributed by atoms with E-state index in [1.165, 1.54) is 0 Å². The van der Waals surface area contributed by atoms with Gasteiger partial charge in [-0.1, -0.05) is 0 Å². The van der Waals surface area contributed by atoms with Gasteiger partial charge < -0.3 is 9.47 Å². The van der Waals surface area contributed by atoms with E-state index in [0.717, 1.165) is 12.1 Å². The van der Waals surface area contributed by atoms with Crippen molar-refractivity contribution in [1.29, 1.82) is 0 Å². The zero-order valence-electron chi connectivity index (χ0n) is 11.0. The van der Waals surface area contributed by atoms with Gasteiger partial charge in [-0.25, -0.2) is 4.79 Å². The molecule has 1 aromatic carbocycles. The first-order valence-electron chi connectivity index (χ1n) is 5.44. The molecule has 0 heterocycles. The summed E-state index contributed by atoms with van der Waals surface area (Å²) in [6.45, 7) is 4.79. The Morgan fingerprint density at radius 2 is 1.75 bits per heavy atom. The summed E-state index contributed by atoms with van der Waals surface area (Å²) in [5.41, 5.74) is -1.99. The van der Waals surface area contributed by atoms with Gasteiger partial charge in [-0.15, -0.1) is 0 Å². The highest BCUT2D eigenvalue weighted by Crippen LogP contribution is 2.31. The number of carbonyl (C=O) groups is 1. The summed E-state index contributed by atoms with van der Waals surface area (Å²) in [6, 6.07) is 2.67. The van der Waals surface area contributed by atoms with Crippen LogP contribution in [-0.2, 0) is 4.74 Å². The standard InChI is InChI=1S/C11H12N2O7/c1-11(2,3)20-10(14)19-9-5-4-7(12(15)16)6-8(9)13(17)18/h4-6H,1-3H3. The second-order valence-electron chi connectivity index (χ2n) is 4.73. The number of ether oxygens (including phenoxy) is 2. The van der Waals surface area contributed by atoms with Crippen LogP contribution in [-0.4, -0.2) is 21.6 Å². The summed E-state index contributed by atoms with van der Waals surface area (Å²) in [7, 11) is 0. The van der Waals surface area contributed by atoms with E-state index in [9.17, 15) is 25.0 Å². The Labute approximate surface area is 113 Å². The van der Waals surface area contributed by atoms with Crippen LogP contribution in [0.5, 0.6) is 5.75 Å². The molecule has 0 aliphatic rings. The third kappa shape index (κ3) is 4.19. The van der Waals surface area contributed by atoms with Crippen LogP contribution in [0.25, 0.3) is 0 Å². The molecule has 0 atom stereocenters. The Morgan fingerprint density at radius 3 is 2.20 bits per heavy atom. The third-order valence-corrected chi connectivity index (χ3v) is 1.93. The smallest absolute Gasteiger partial charge is 0.428 e. The van der Waals surface area contributed by atoms with Crippen molar-refractivity contribution in [2.24, 2.45) is 0 Å².